The highest BCUT2D eigenvalue weighted by Gasteiger charge is 2.22. The van der Waals surface area contributed by atoms with Crippen LogP contribution in [-0.2, 0) is 4.79 Å². The number of aromatic nitrogens is 2. The number of fused-ring (bicyclic) bond motifs is 1. The highest BCUT2D eigenvalue weighted by molar-refractivity contribution is 5.86. The van der Waals surface area contributed by atoms with Crippen molar-refractivity contribution < 1.29 is 14.3 Å². The molecular formula is C26H24N4O4. The number of benzene rings is 3. The summed E-state index contributed by atoms with van der Waals surface area (Å²) in [7, 11) is 3.10. The fourth-order valence-corrected chi connectivity index (χ4v) is 3.61. The molecule has 0 aliphatic carbocycles. The molecule has 1 aromatic heterocycles. The second-order valence-electron chi connectivity index (χ2n) is 7.52. The van der Waals surface area contributed by atoms with Crippen molar-refractivity contribution in [1.82, 2.24) is 15.0 Å². The predicted octanol–water partition coefficient (Wildman–Crippen LogP) is 3.79. The van der Waals surface area contributed by atoms with Crippen LogP contribution < -0.4 is 20.5 Å². The highest BCUT2D eigenvalue weighted by atomic mass is 16.5. The summed E-state index contributed by atoms with van der Waals surface area (Å²) in [6, 6.07) is 20.8. The lowest BCUT2D eigenvalue weighted by Gasteiger charge is -2.18. The van der Waals surface area contributed by atoms with Gasteiger partial charge >= 0.3 is 0 Å². The Labute approximate surface area is 196 Å². The standard InChI is InChI=1S/C26H24N4O4/c1-17(25(31)29-27-16-18-13-14-22(33-2)23(15-18)34-3)30-24(19-9-5-4-6-10-19)28-21-12-8-7-11-20(21)26(30)32/h4-17H,1-3H3,(H,29,31)/t17-/m1/s1. The third-order valence-corrected chi connectivity index (χ3v) is 5.40. The molecule has 1 amide bonds. The molecule has 1 atom stereocenters. The van der Waals surface area contributed by atoms with Gasteiger partial charge in [0, 0.05) is 5.56 Å². The molecule has 0 unspecified atom stereocenters. The van der Waals surface area contributed by atoms with Gasteiger partial charge in [-0.05, 0) is 42.8 Å². The summed E-state index contributed by atoms with van der Waals surface area (Å²) >= 11 is 0. The first-order valence-corrected chi connectivity index (χ1v) is 10.6. The van der Waals surface area contributed by atoms with Crippen molar-refractivity contribution in [2.75, 3.05) is 14.2 Å². The molecule has 0 fully saturated rings. The largest absolute Gasteiger partial charge is 0.493 e. The quantitative estimate of drug-likeness (QED) is 0.337. The molecule has 0 aliphatic heterocycles. The van der Waals surface area contributed by atoms with Crippen molar-refractivity contribution in [3.05, 3.63) is 88.7 Å². The first kappa shape index (κ1) is 22.7. The van der Waals surface area contributed by atoms with Crippen molar-refractivity contribution in [3.63, 3.8) is 0 Å². The van der Waals surface area contributed by atoms with Gasteiger partial charge in [-0.25, -0.2) is 10.4 Å². The van der Waals surface area contributed by atoms with E-state index in [1.165, 1.54) is 10.8 Å². The first-order valence-electron chi connectivity index (χ1n) is 10.6. The van der Waals surface area contributed by atoms with Gasteiger partial charge in [0.1, 0.15) is 11.9 Å². The molecule has 1 N–H and O–H groups in total. The summed E-state index contributed by atoms with van der Waals surface area (Å²) in [6.07, 6.45) is 1.49. The van der Waals surface area contributed by atoms with Crippen molar-refractivity contribution in [3.8, 4) is 22.9 Å². The van der Waals surface area contributed by atoms with Crippen molar-refractivity contribution in [1.29, 1.82) is 0 Å². The van der Waals surface area contributed by atoms with E-state index < -0.39 is 11.9 Å². The third kappa shape index (κ3) is 4.52. The molecule has 0 spiro atoms. The summed E-state index contributed by atoms with van der Waals surface area (Å²) < 4.78 is 11.9. The van der Waals surface area contributed by atoms with E-state index in [9.17, 15) is 9.59 Å². The number of carbonyl (C=O) groups is 1. The lowest BCUT2D eigenvalue weighted by Crippen LogP contribution is -2.35. The number of amides is 1. The van der Waals surface area contributed by atoms with E-state index in [4.69, 9.17) is 14.5 Å². The monoisotopic (exact) mass is 456 g/mol. The van der Waals surface area contributed by atoms with Gasteiger partial charge in [0.15, 0.2) is 11.5 Å². The zero-order valence-corrected chi connectivity index (χ0v) is 19.1. The van der Waals surface area contributed by atoms with Gasteiger partial charge in [-0.1, -0.05) is 42.5 Å². The third-order valence-electron chi connectivity index (χ3n) is 5.40. The summed E-state index contributed by atoms with van der Waals surface area (Å²) in [6.45, 7) is 1.64. The van der Waals surface area contributed by atoms with Crippen LogP contribution in [0.15, 0.2) is 82.7 Å². The van der Waals surface area contributed by atoms with Crippen LogP contribution in [0.2, 0.25) is 0 Å². The maximum atomic E-state index is 13.4. The molecular weight excluding hydrogens is 432 g/mol. The second kappa shape index (κ2) is 9.99. The highest BCUT2D eigenvalue weighted by Crippen LogP contribution is 2.27. The number of para-hydroxylation sites is 1. The number of rotatable bonds is 7. The number of hydrazone groups is 1. The Morgan fingerprint density at radius 3 is 2.44 bits per heavy atom. The Morgan fingerprint density at radius 1 is 1.00 bits per heavy atom. The zero-order valence-electron chi connectivity index (χ0n) is 19.1. The Kier molecular flexibility index (Phi) is 6.68. The number of hydrogen-bond acceptors (Lipinski definition) is 6. The van der Waals surface area contributed by atoms with Gasteiger partial charge in [-0.2, -0.15) is 5.10 Å². The van der Waals surface area contributed by atoms with Gasteiger partial charge in [0.2, 0.25) is 0 Å². The minimum Gasteiger partial charge on any atom is -0.493 e. The molecule has 0 bridgehead atoms. The normalized spacial score (nSPS) is 12.0. The van der Waals surface area contributed by atoms with Gasteiger partial charge in [-0.3, -0.25) is 14.2 Å². The zero-order chi connectivity index (χ0) is 24.1. The van der Waals surface area contributed by atoms with Gasteiger partial charge < -0.3 is 9.47 Å². The van der Waals surface area contributed by atoms with E-state index in [0.29, 0.717) is 33.8 Å². The topological polar surface area (TPSA) is 94.8 Å². The van der Waals surface area contributed by atoms with Crippen molar-refractivity contribution >= 4 is 23.0 Å². The van der Waals surface area contributed by atoms with Gasteiger partial charge in [0.05, 0.1) is 31.3 Å². The van der Waals surface area contributed by atoms with Crippen LogP contribution in [0.25, 0.3) is 22.3 Å². The Morgan fingerprint density at radius 2 is 1.71 bits per heavy atom. The molecule has 0 aliphatic rings. The smallest absolute Gasteiger partial charge is 0.263 e. The first-order chi connectivity index (χ1) is 16.5. The molecule has 1 heterocycles. The Balaban J connectivity index is 1.65. The summed E-state index contributed by atoms with van der Waals surface area (Å²) in [5, 5.41) is 4.50. The van der Waals surface area contributed by atoms with E-state index in [0.717, 1.165) is 5.56 Å². The molecule has 8 nitrogen and oxygen atoms in total. The van der Waals surface area contributed by atoms with E-state index in [-0.39, 0.29) is 5.56 Å². The van der Waals surface area contributed by atoms with Crippen LogP contribution in [0.5, 0.6) is 11.5 Å². The maximum absolute atomic E-state index is 13.4. The Hall–Kier alpha value is -4.46. The van der Waals surface area contributed by atoms with Crippen LogP contribution in [-0.4, -0.2) is 35.9 Å². The molecule has 4 aromatic rings. The fourth-order valence-electron chi connectivity index (χ4n) is 3.61. The summed E-state index contributed by atoms with van der Waals surface area (Å²) in [5.74, 6) is 1.10. The lowest BCUT2D eigenvalue weighted by atomic mass is 10.1. The average molecular weight is 457 g/mol. The van der Waals surface area contributed by atoms with Crippen LogP contribution in [0.1, 0.15) is 18.5 Å². The fraction of sp³-hybridized carbons (Fsp3) is 0.154. The number of hydrogen-bond donors (Lipinski definition) is 1. The number of carbonyl (C=O) groups excluding carboxylic acids is 1. The molecule has 34 heavy (non-hydrogen) atoms. The summed E-state index contributed by atoms with van der Waals surface area (Å²) in [5.41, 5.74) is 4.24. The molecule has 172 valence electrons. The van der Waals surface area contributed by atoms with Crippen molar-refractivity contribution in [2.24, 2.45) is 5.10 Å². The van der Waals surface area contributed by atoms with Crippen LogP contribution in [0.3, 0.4) is 0 Å². The van der Waals surface area contributed by atoms with E-state index >= 15 is 0 Å². The molecule has 0 radical (unpaired) electrons. The minimum absolute atomic E-state index is 0.295. The molecule has 0 saturated carbocycles. The van der Waals surface area contributed by atoms with Crippen LogP contribution in [0.4, 0.5) is 0 Å². The van der Waals surface area contributed by atoms with Gasteiger partial charge in [0.25, 0.3) is 11.5 Å². The number of methoxy groups -OCH3 is 2. The van der Waals surface area contributed by atoms with Crippen molar-refractivity contribution in [2.45, 2.75) is 13.0 Å². The molecule has 3 aromatic carbocycles. The number of ether oxygens (including phenoxy) is 2. The van der Waals surface area contributed by atoms with Gasteiger partial charge in [-0.15, -0.1) is 0 Å². The molecule has 0 saturated heterocycles. The second-order valence-corrected chi connectivity index (χ2v) is 7.52. The van der Waals surface area contributed by atoms with E-state index in [2.05, 4.69) is 10.5 Å². The SMILES string of the molecule is COc1ccc(C=NNC(=O)[C@@H](C)n2c(-c3ccccc3)nc3ccccc3c2=O)cc1OC. The predicted molar refractivity (Wildman–Crippen MR) is 131 cm³/mol. The van der Waals surface area contributed by atoms with Crippen LogP contribution >= 0.6 is 0 Å². The van der Waals surface area contributed by atoms with E-state index in [1.807, 2.05) is 36.4 Å². The lowest BCUT2D eigenvalue weighted by molar-refractivity contribution is -0.123. The number of nitrogens with zero attached hydrogens (tertiary/aromatic N) is 3. The minimum atomic E-state index is -0.859. The number of nitrogens with one attached hydrogen (secondary N) is 1. The summed E-state index contributed by atoms with van der Waals surface area (Å²) in [4.78, 5) is 31.0. The molecule has 4 rings (SSSR count). The maximum Gasteiger partial charge on any atom is 0.263 e. The van der Waals surface area contributed by atoms with E-state index in [1.54, 1.807) is 57.5 Å². The average Bonchev–Trinajstić information content (AvgIpc) is 2.88. The van der Waals surface area contributed by atoms with Crippen LogP contribution in [0, 0.1) is 0 Å². The Bertz CT molecular complexity index is 1410. The molecule has 8 heteroatoms.